The molecule has 1 atom stereocenters. The zero-order chi connectivity index (χ0) is 15.9. The maximum Gasteiger partial charge on any atom is 0.326 e. The van der Waals surface area contributed by atoms with Crippen molar-refractivity contribution in [1.29, 1.82) is 0 Å². The fourth-order valence-electron chi connectivity index (χ4n) is 2.84. The van der Waals surface area contributed by atoms with Crippen LogP contribution in [0.1, 0.15) is 38.2 Å². The molecule has 3 N–H and O–H groups in total. The van der Waals surface area contributed by atoms with E-state index in [4.69, 9.17) is 0 Å². The summed E-state index contributed by atoms with van der Waals surface area (Å²) in [6.45, 7) is 2.22. The fourth-order valence-corrected chi connectivity index (χ4v) is 2.84. The molecule has 1 fully saturated rings. The number of rotatable bonds is 5. The van der Waals surface area contributed by atoms with Crippen LogP contribution >= 0.6 is 0 Å². The number of amides is 2. The summed E-state index contributed by atoms with van der Waals surface area (Å²) in [6.07, 6.45) is 4.43. The Morgan fingerprint density at radius 3 is 2.41 bits per heavy atom. The molecule has 120 valence electrons. The number of carbonyl (C=O) groups excluding carboxylic acids is 1. The van der Waals surface area contributed by atoms with Crippen LogP contribution in [0.25, 0.3) is 0 Å². The Kier molecular flexibility index (Phi) is 5.81. The second-order valence-corrected chi connectivity index (χ2v) is 6.16. The number of carboxylic acids is 1. The summed E-state index contributed by atoms with van der Waals surface area (Å²) in [6, 6.07) is 8.17. The normalized spacial score (nSPS) is 22.6. The molecule has 22 heavy (non-hydrogen) atoms. The zero-order valence-electron chi connectivity index (χ0n) is 12.9. The summed E-state index contributed by atoms with van der Waals surface area (Å²) in [5.74, 6) is -0.303. The molecular formula is C17H24N2O3. The highest BCUT2D eigenvalue weighted by Gasteiger charge is 2.23. The van der Waals surface area contributed by atoms with Crippen LogP contribution in [-0.2, 0) is 11.2 Å². The van der Waals surface area contributed by atoms with E-state index in [0.29, 0.717) is 5.92 Å². The van der Waals surface area contributed by atoms with Crippen molar-refractivity contribution in [3.8, 4) is 0 Å². The van der Waals surface area contributed by atoms with Crippen molar-refractivity contribution in [2.24, 2.45) is 5.92 Å². The third-order valence-electron chi connectivity index (χ3n) is 4.24. The highest BCUT2D eigenvalue weighted by molar-refractivity contribution is 5.82. The molecule has 2 rings (SSSR count). The predicted octanol–water partition coefficient (Wildman–Crippen LogP) is 2.56. The van der Waals surface area contributed by atoms with Gasteiger partial charge < -0.3 is 15.7 Å². The van der Waals surface area contributed by atoms with E-state index in [9.17, 15) is 14.7 Å². The molecule has 1 aliphatic carbocycles. The summed E-state index contributed by atoms with van der Waals surface area (Å²) in [4.78, 5) is 23.3. The lowest BCUT2D eigenvalue weighted by Crippen LogP contribution is -2.50. The van der Waals surface area contributed by atoms with Gasteiger partial charge in [-0.2, -0.15) is 0 Å². The maximum atomic E-state index is 12.0. The number of carboxylic acid groups (broad SMARTS) is 1. The van der Waals surface area contributed by atoms with Gasteiger partial charge in [0.15, 0.2) is 0 Å². The van der Waals surface area contributed by atoms with E-state index >= 15 is 0 Å². The zero-order valence-corrected chi connectivity index (χ0v) is 12.9. The quantitative estimate of drug-likeness (QED) is 0.782. The molecule has 1 aliphatic rings. The Hall–Kier alpha value is -2.04. The van der Waals surface area contributed by atoms with E-state index in [0.717, 1.165) is 31.2 Å². The van der Waals surface area contributed by atoms with Crippen molar-refractivity contribution in [1.82, 2.24) is 10.6 Å². The Morgan fingerprint density at radius 1 is 1.18 bits per heavy atom. The Labute approximate surface area is 131 Å². The van der Waals surface area contributed by atoms with Crippen molar-refractivity contribution in [2.75, 3.05) is 0 Å². The molecular weight excluding hydrogens is 280 g/mol. The molecule has 0 bridgehead atoms. The third-order valence-corrected chi connectivity index (χ3v) is 4.24. The van der Waals surface area contributed by atoms with Crippen LogP contribution in [0.2, 0.25) is 0 Å². The minimum atomic E-state index is -1.02. The molecule has 1 aromatic carbocycles. The van der Waals surface area contributed by atoms with Crippen molar-refractivity contribution in [2.45, 2.75) is 51.1 Å². The number of hydrogen-bond acceptors (Lipinski definition) is 2. The molecule has 5 nitrogen and oxygen atoms in total. The molecule has 1 aromatic rings. The average molecular weight is 304 g/mol. The van der Waals surface area contributed by atoms with Gasteiger partial charge in [-0.15, -0.1) is 0 Å². The van der Waals surface area contributed by atoms with Gasteiger partial charge in [-0.1, -0.05) is 37.3 Å². The first-order chi connectivity index (χ1) is 10.5. The van der Waals surface area contributed by atoms with E-state index in [1.807, 2.05) is 30.3 Å². The van der Waals surface area contributed by atoms with Gasteiger partial charge in [0.2, 0.25) is 0 Å². The number of aliphatic carboxylic acids is 1. The van der Waals surface area contributed by atoms with Gasteiger partial charge in [-0.25, -0.2) is 9.59 Å². The molecule has 5 heteroatoms. The summed E-state index contributed by atoms with van der Waals surface area (Å²) in [5.41, 5.74) is 0.890. The summed E-state index contributed by atoms with van der Waals surface area (Å²) < 4.78 is 0. The van der Waals surface area contributed by atoms with Crippen LogP contribution in [0.15, 0.2) is 30.3 Å². The number of benzene rings is 1. The topological polar surface area (TPSA) is 78.4 Å². The first-order valence-corrected chi connectivity index (χ1v) is 7.88. The van der Waals surface area contributed by atoms with E-state index < -0.39 is 12.0 Å². The monoisotopic (exact) mass is 304 g/mol. The van der Waals surface area contributed by atoms with Gasteiger partial charge in [0.25, 0.3) is 0 Å². The van der Waals surface area contributed by atoms with Gasteiger partial charge >= 0.3 is 12.0 Å². The molecule has 1 saturated carbocycles. The van der Waals surface area contributed by atoms with Gasteiger partial charge in [0, 0.05) is 12.5 Å². The highest BCUT2D eigenvalue weighted by Crippen LogP contribution is 2.23. The lowest BCUT2D eigenvalue weighted by Gasteiger charge is -2.27. The van der Waals surface area contributed by atoms with Crippen molar-refractivity contribution < 1.29 is 14.7 Å². The van der Waals surface area contributed by atoms with Crippen LogP contribution in [0.4, 0.5) is 4.79 Å². The van der Waals surface area contributed by atoms with E-state index in [-0.39, 0.29) is 18.5 Å². The maximum absolute atomic E-state index is 12.0. The molecule has 0 heterocycles. The van der Waals surface area contributed by atoms with Crippen LogP contribution < -0.4 is 10.6 Å². The third kappa shape index (κ3) is 5.06. The average Bonchev–Trinajstić information content (AvgIpc) is 2.50. The lowest BCUT2D eigenvalue weighted by molar-refractivity contribution is -0.139. The number of nitrogens with one attached hydrogen (secondary N) is 2. The second kappa shape index (κ2) is 7.82. The first kappa shape index (κ1) is 16.3. The van der Waals surface area contributed by atoms with Gasteiger partial charge in [0.05, 0.1) is 0 Å². The molecule has 0 radical (unpaired) electrons. The van der Waals surface area contributed by atoms with Gasteiger partial charge in [-0.3, -0.25) is 0 Å². The summed E-state index contributed by atoms with van der Waals surface area (Å²) >= 11 is 0. The Morgan fingerprint density at radius 2 is 1.82 bits per heavy atom. The van der Waals surface area contributed by atoms with Crippen molar-refractivity contribution in [3.63, 3.8) is 0 Å². The van der Waals surface area contributed by atoms with Gasteiger partial charge in [-0.05, 0) is 37.2 Å². The second-order valence-electron chi connectivity index (χ2n) is 6.16. The summed E-state index contributed by atoms with van der Waals surface area (Å²) in [7, 11) is 0. The van der Waals surface area contributed by atoms with Crippen LogP contribution in [0, 0.1) is 5.92 Å². The number of carbonyl (C=O) groups is 2. The lowest BCUT2D eigenvalue weighted by atomic mass is 9.87. The van der Waals surface area contributed by atoms with Crippen LogP contribution in [0.5, 0.6) is 0 Å². The minimum Gasteiger partial charge on any atom is -0.480 e. The van der Waals surface area contributed by atoms with Crippen molar-refractivity contribution >= 4 is 12.0 Å². The molecule has 0 saturated heterocycles. The van der Waals surface area contributed by atoms with E-state index in [1.165, 1.54) is 0 Å². The Bertz CT molecular complexity index is 496. The number of urea groups is 1. The van der Waals surface area contributed by atoms with Crippen LogP contribution in [0.3, 0.4) is 0 Å². The van der Waals surface area contributed by atoms with Crippen LogP contribution in [-0.4, -0.2) is 29.2 Å². The van der Waals surface area contributed by atoms with E-state index in [1.54, 1.807) is 0 Å². The molecule has 0 spiro atoms. The molecule has 0 aliphatic heterocycles. The highest BCUT2D eigenvalue weighted by atomic mass is 16.4. The first-order valence-electron chi connectivity index (χ1n) is 7.88. The minimum absolute atomic E-state index is 0.155. The standard InChI is InChI=1S/C17H24N2O3/c1-12-7-9-14(10-8-12)18-17(22)19-15(16(20)21)11-13-5-3-2-4-6-13/h2-6,12,14-15H,7-11H2,1H3,(H,20,21)(H2,18,19,22)/t12?,14?,15-/m0/s1. The van der Waals surface area contributed by atoms with E-state index in [2.05, 4.69) is 17.6 Å². The van der Waals surface area contributed by atoms with Gasteiger partial charge in [0.1, 0.15) is 6.04 Å². The predicted molar refractivity (Wildman–Crippen MR) is 84.7 cm³/mol. The fraction of sp³-hybridized carbons (Fsp3) is 0.529. The van der Waals surface area contributed by atoms with Crippen molar-refractivity contribution in [3.05, 3.63) is 35.9 Å². The number of hydrogen-bond donors (Lipinski definition) is 3. The summed E-state index contributed by atoms with van der Waals surface area (Å²) in [5, 5.41) is 14.8. The smallest absolute Gasteiger partial charge is 0.326 e. The molecule has 0 aromatic heterocycles. The molecule has 2 amide bonds. The molecule has 0 unspecified atom stereocenters. The Balaban J connectivity index is 1.85. The SMILES string of the molecule is CC1CCC(NC(=O)N[C@@H](Cc2ccccc2)C(=O)O)CC1. The largest absolute Gasteiger partial charge is 0.480 e.